The first kappa shape index (κ1) is 23.1. The van der Waals surface area contributed by atoms with Crippen molar-refractivity contribution in [2.24, 2.45) is 0 Å². The lowest BCUT2D eigenvalue weighted by Gasteiger charge is -2.25. The summed E-state index contributed by atoms with van der Waals surface area (Å²) in [6, 6.07) is 9.56. The van der Waals surface area contributed by atoms with Gasteiger partial charge in [-0.05, 0) is 55.5 Å². The molecule has 144 valence electrons. The Morgan fingerprint density at radius 3 is 2.04 bits per heavy atom. The Morgan fingerprint density at radius 2 is 1.54 bits per heavy atom. The van der Waals surface area contributed by atoms with E-state index in [1.165, 1.54) is 0 Å². The zero-order valence-electron chi connectivity index (χ0n) is 16.2. The summed E-state index contributed by atoms with van der Waals surface area (Å²) in [5.74, 6) is 0.281. The van der Waals surface area contributed by atoms with Crippen molar-refractivity contribution in [2.45, 2.75) is 59.0 Å². The van der Waals surface area contributed by atoms with Gasteiger partial charge in [0.15, 0.2) is 0 Å². The summed E-state index contributed by atoms with van der Waals surface area (Å²) in [5, 5.41) is 15.3. The topological polar surface area (TPSA) is 32.3 Å². The molecule has 0 heterocycles. The Hall–Kier alpha value is -0.930. The molecular formula is C21H28Cl3NO. The van der Waals surface area contributed by atoms with Crippen LogP contribution in [-0.4, -0.2) is 10.6 Å². The first-order valence-corrected chi connectivity index (χ1v) is 9.21. The molecule has 26 heavy (non-hydrogen) atoms. The number of phenolic OH excluding ortho intramolecular Hbond substituents is 1. The largest absolute Gasteiger partial charge is 0.507 e. The van der Waals surface area contributed by atoms with Gasteiger partial charge in [-0.25, -0.2) is 0 Å². The minimum Gasteiger partial charge on any atom is -0.507 e. The number of halogens is 3. The summed E-state index contributed by atoms with van der Waals surface area (Å²) in [5.41, 5.74) is 3.61. The molecule has 0 amide bonds. The zero-order chi connectivity index (χ0) is 19.0. The summed E-state index contributed by atoms with van der Waals surface area (Å²) >= 11 is 12.2. The highest BCUT2D eigenvalue weighted by Crippen LogP contribution is 2.39. The Morgan fingerprint density at radius 1 is 0.923 bits per heavy atom. The van der Waals surface area contributed by atoms with Crippen molar-refractivity contribution in [2.75, 3.05) is 0 Å². The molecule has 5 heteroatoms. The molecule has 0 aliphatic heterocycles. The summed E-state index contributed by atoms with van der Waals surface area (Å²) in [6.07, 6.45) is 0. The fraction of sp³-hybridized carbons (Fsp3) is 0.429. The number of nitrogens with one attached hydrogen (secondary N) is 1. The number of benzene rings is 2. The molecule has 2 rings (SSSR count). The molecule has 0 aliphatic rings. The fourth-order valence-corrected chi connectivity index (χ4v) is 2.80. The molecule has 0 fully saturated rings. The van der Waals surface area contributed by atoms with Gasteiger partial charge in [-0.2, -0.15) is 0 Å². The third-order valence-corrected chi connectivity index (χ3v) is 4.83. The van der Waals surface area contributed by atoms with Crippen LogP contribution < -0.4 is 5.32 Å². The summed E-state index contributed by atoms with van der Waals surface area (Å²) < 4.78 is 0. The molecule has 0 aromatic heterocycles. The summed E-state index contributed by atoms with van der Waals surface area (Å²) in [7, 11) is 0. The van der Waals surface area contributed by atoms with E-state index < -0.39 is 0 Å². The molecule has 0 bridgehead atoms. The van der Waals surface area contributed by atoms with Gasteiger partial charge >= 0.3 is 0 Å². The first-order chi connectivity index (χ1) is 11.4. The highest BCUT2D eigenvalue weighted by Gasteiger charge is 2.20. The monoisotopic (exact) mass is 415 g/mol. The van der Waals surface area contributed by atoms with Gasteiger partial charge in [0.25, 0.3) is 0 Å². The molecule has 2 aromatic rings. The lowest BCUT2D eigenvalue weighted by atomic mass is 9.83. The molecule has 0 atom stereocenters. The highest BCUT2D eigenvalue weighted by molar-refractivity contribution is 6.42. The van der Waals surface area contributed by atoms with Crippen LogP contribution in [0.5, 0.6) is 5.75 Å². The van der Waals surface area contributed by atoms with Gasteiger partial charge in [0.05, 0.1) is 10.0 Å². The Labute approximate surface area is 173 Å². The van der Waals surface area contributed by atoms with Crippen LogP contribution in [0, 0.1) is 0 Å². The van der Waals surface area contributed by atoms with Crippen molar-refractivity contribution >= 4 is 35.6 Å². The number of aromatic hydroxyl groups is 1. The van der Waals surface area contributed by atoms with E-state index in [2.05, 4.69) is 52.9 Å². The van der Waals surface area contributed by atoms with Crippen molar-refractivity contribution in [3.63, 3.8) is 0 Å². The average molecular weight is 417 g/mol. The van der Waals surface area contributed by atoms with Crippen LogP contribution >= 0.6 is 35.6 Å². The fourth-order valence-electron chi connectivity index (χ4n) is 2.51. The Kier molecular flexibility index (Phi) is 7.46. The molecule has 0 spiro atoms. The van der Waals surface area contributed by atoms with E-state index >= 15 is 0 Å². The van der Waals surface area contributed by atoms with Crippen molar-refractivity contribution in [1.82, 2.24) is 5.32 Å². The second kappa shape index (κ2) is 8.39. The number of hydrogen-bond donors (Lipinski definition) is 2. The normalized spacial score (nSPS) is 12.0. The van der Waals surface area contributed by atoms with E-state index in [1.807, 2.05) is 12.1 Å². The smallest absolute Gasteiger partial charge is 0.127 e. The van der Waals surface area contributed by atoms with Crippen LogP contribution in [0.15, 0.2) is 30.3 Å². The van der Waals surface area contributed by atoms with E-state index in [-0.39, 0.29) is 29.1 Å². The van der Waals surface area contributed by atoms with Gasteiger partial charge in [-0.15, -0.1) is 12.4 Å². The van der Waals surface area contributed by atoms with Crippen LogP contribution in [0.25, 0.3) is 11.1 Å². The second-order valence-corrected chi connectivity index (χ2v) is 9.33. The minimum absolute atomic E-state index is 0. The molecule has 2 aromatic carbocycles. The first-order valence-electron chi connectivity index (χ1n) is 8.45. The predicted octanol–water partition coefficient (Wildman–Crippen LogP) is 6.97. The van der Waals surface area contributed by atoms with Gasteiger partial charge in [0, 0.05) is 23.2 Å². The number of hydrogen-bond acceptors (Lipinski definition) is 2. The maximum atomic E-state index is 10.9. The maximum absolute atomic E-state index is 10.9. The quantitative estimate of drug-likeness (QED) is 0.566. The molecule has 0 saturated heterocycles. The lowest BCUT2D eigenvalue weighted by molar-refractivity contribution is 0.411. The Bertz CT molecular complexity index is 774. The minimum atomic E-state index is -0.0338. The van der Waals surface area contributed by atoms with E-state index in [0.717, 1.165) is 22.3 Å². The maximum Gasteiger partial charge on any atom is 0.127 e. The van der Waals surface area contributed by atoms with Gasteiger partial charge in [0.1, 0.15) is 5.75 Å². The average Bonchev–Trinajstić information content (AvgIpc) is 2.47. The van der Waals surface area contributed by atoms with Crippen LogP contribution in [0.1, 0.15) is 52.7 Å². The van der Waals surface area contributed by atoms with E-state index in [4.69, 9.17) is 23.2 Å². The van der Waals surface area contributed by atoms with E-state index in [1.54, 1.807) is 12.1 Å². The van der Waals surface area contributed by atoms with Crippen LogP contribution in [0.2, 0.25) is 10.0 Å². The SMILES string of the molecule is CC(C)(C)NCc1cc(C(C)(C)C)cc(-c2ccc(Cl)c(Cl)c2)c1O.Cl. The van der Waals surface area contributed by atoms with Crippen molar-refractivity contribution in [3.05, 3.63) is 51.5 Å². The summed E-state index contributed by atoms with van der Waals surface area (Å²) in [6.45, 7) is 13.4. The molecule has 2 N–H and O–H groups in total. The number of rotatable bonds is 3. The number of phenols is 1. The van der Waals surface area contributed by atoms with Gasteiger partial charge in [-0.3, -0.25) is 0 Å². The predicted molar refractivity (Wildman–Crippen MR) is 116 cm³/mol. The molecular weight excluding hydrogens is 389 g/mol. The molecule has 0 radical (unpaired) electrons. The van der Waals surface area contributed by atoms with E-state index in [9.17, 15) is 5.11 Å². The van der Waals surface area contributed by atoms with Crippen LogP contribution in [0.3, 0.4) is 0 Å². The Balaban J connectivity index is 0.00000338. The van der Waals surface area contributed by atoms with Crippen molar-refractivity contribution in [1.29, 1.82) is 0 Å². The van der Waals surface area contributed by atoms with Gasteiger partial charge in [0.2, 0.25) is 0 Å². The highest BCUT2D eigenvalue weighted by atomic mass is 35.5. The van der Waals surface area contributed by atoms with Crippen molar-refractivity contribution in [3.8, 4) is 16.9 Å². The van der Waals surface area contributed by atoms with Crippen LogP contribution in [-0.2, 0) is 12.0 Å². The van der Waals surface area contributed by atoms with E-state index in [0.29, 0.717) is 16.6 Å². The molecule has 0 saturated carbocycles. The summed E-state index contributed by atoms with van der Waals surface area (Å²) in [4.78, 5) is 0. The zero-order valence-corrected chi connectivity index (χ0v) is 18.5. The molecule has 0 unspecified atom stereocenters. The molecule has 2 nitrogen and oxygen atoms in total. The van der Waals surface area contributed by atoms with Crippen LogP contribution in [0.4, 0.5) is 0 Å². The second-order valence-electron chi connectivity index (χ2n) is 8.51. The standard InChI is InChI=1S/C21H27Cl2NO.ClH/c1-20(2,3)15-9-14(12-24-21(4,5)6)19(25)16(11-15)13-7-8-17(22)18(23)10-13;/h7-11,24-25H,12H2,1-6H3;1H. The van der Waals surface area contributed by atoms with Gasteiger partial charge < -0.3 is 10.4 Å². The van der Waals surface area contributed by atoms with Gasteiger partial charge in [-0.1, -0.05) is 56.1 Å². The lowest BCUT2D eigenvalue weighted by Crippen LogP contribution is -2.35. The molecule has 0 aliphatic carbocycles. The third kappa shape index (κ3) is 5.79. The third-order valence-electron chi connectivity index (χ3n) is 4.09. The van der Waals surface area contributed by atoms with Crippen molar-refractivity contribution < 1.29 is 5.11 Å².